The summed E-state index contributed by atoms with van der Waals surface area (Å²) in [5, 5.41) is 11.3. The van der Waals surface area contributed by atoms with Crippen molar-refractivity contribution in [1.29, 1.82) is 0 Å². The first-order valence-corrected chi connectivity index (χ1v) is 13.2. The van der Waals surface area contributed by atoms with Crippen LogP contribution >= 0.6 is 0 Å². The van der Waals surface area contributed by atoms with Gasteiger partial charge in [0.05, 0.1) is 29.0 Å². The van der Waals surface area contributed by atoms with Crippen LogP contribution in [0.4, 0.5) is 14.5 Å². The highest BCUT2D eigenvalue weighted by Gasteiger charge is 2.29. The molecule has 1 fully saturated rings. The molecule has 1 aliphatic heterocycles. The summed E-state index contributed by atoms with van der Waals surface area (Å²) in [6, 6.07) is 16.4. The normalized spacial score (nSPS) is 13.3. The molecule has 2 amide bonds. The van der Waals surface area contributed by atoms with Crippen LogP contribution in [0.1, 0.15) is 32.0 Å². The number of ether oxygens (including phenoxy) is 1. The summed E-state index contributed by atoms with van der Waals surface area (Å²) in [7, 11) is 1.55. The first-order valence-electron chi connectivity index (χ1n) is 13.2. The maximum absolute atomic E-state index is 15.0. The minimum Gasteiger partial charge on any atom is -0.497 e. The lowest BCUT2D eigenvalue weighted by Crippen LogP contribution is -2.50. The van der Waals surface area contributed by atoms with E-state index in [0.29, 0.717) is 33.8 Å². The van der Waals surface area contributed by atoms with Gasteiger partial charge in [-0.15, -0.1) is 0 Å². The number of amides is 2. The summed E-state index contributed by atoms with van der Waals surface area (Å²) >= 11 is 0. The zero-order chi connectivity index (χ0) is 30.1. The summed E-state index contributed by atoms with van der Waals surface area (Å²) in [4.78, 5) is 40.8. The van der Waals surface area contributed by atoms with Gasteiger partial charge in [0.15, 0.2) is 0 Å². The van der Waals surface area contributed by atoms with E-state index in [1.54, 1.807) is 77.8 Å². The third-order valence-electron chi connectivity index (χ3n) is 7.52. The Morgan fingerprint density at radius 1 is 0.857 bits per heavy atom. The second-order valence-electron chi connectivity index (χ2n) is 10.0. The highest BCUT2D eigenvalue weighted by Crippen LogP contribution is 2.33. The lowest BCUT2D eigenvalue weighted by Gasteiger charge is -2.34. The number of aryl methyl sites for hydroxylation is 1. The van der Waals surface area contributed by atoms with E-state index in [9.17, 15) is 28.5 Å². The van der Waals surface area contributed by atoms with E-state index >= 15 is 0 Å². The smallest absolute Gasteiger partial charge is 0.273 e. The molecule has 216 valence electrons. The van der Waals surface area contributed by atoms with E-state index in [2.05, 4.69) is 0 Å². The number of nitrogens with zero attached hydrogens (tertiary/aromatic N) is 4. The second kappa shape index (κ2) is 11.4. The summed E-state index contributed by atoms with van der Waals surface area (Å²) < 4.78 is 35.6. The molecule has 4 aromatic rings. The molecule has 0 unspecified atom stereocenters. The number of carbonyl (C=O) groups excluding carboxylic acids is 2. The van der Waals surface area contributed by atoms with Gasteiger partial charge in [-0.25, -0.2) is 8.78 Å². The number of nitro benzene ring substituents is 1. The number of carbonyl (C=O) groups is 2. The molecule has 3 aromatic carbocycles. The lowest BCUT2D eigenvalue weighted by atomic mass is 10.1. The zero-order valence-corrected chi connectivity index (χ0v) is 23.3. The predicted octanol–water partition coefficient (Wildman–Crippen LogP) is 5.55. The van der Waals surface area contributed by atoms with Gasteiger partial charge in [-0.05, 0) is 67.9 Å². The quantitative estimate of drug-likeness (QED) is 0.222. The second-order valence-corrected chi connectivity index (χ2v) is 10.0. The van der Waals surface area contributed by atoms with Gasteiger partial charge < -0.3 is 19.1 Å². The summed E-state index contributed by atoms with van der Waals surface area (Å²) in [5.74, 6) is -1.49. The molecular weight excluding hydrogens is 546 g/mol. The van der Waals surface area contributed by atoms with Gasteiger partial charge in [-0.1, -0.05) is 6.07 Å². The highest BCUT2D eigenvalue weighted by molar-refractivity contribution is 5.98. The van der Waals surface area contributed by atoms with Crippen LogP contribution in [-0.2, 0) is 0 Å². The molecule has 1 aliphatic rings. The van der Waals surface area contributed by atoms with E-state index in [1.165, 1.54) is 12.1 Å². The molecule has 0 radical (unpaired) electrons. The van der Waals surface area contributed by atoms with E-state index in [1.807, 2.05) is 0 Å². The molecule has 1 saturated heterocycles. The number of rotatable bonds is 6. The van der Waals surface area contributed by atoms with Crippen molar-refractivity contribution in [3.63, 3.8) is 0 Å². The van der Waals surface area contributed by atoms with Crippen LogP contribution in [0.5, 0.6) is 5.75 Å². The largest absolute Gasteiger partial charge is 0.497 e. The lowest BCUT2D eigenvalue weighted by molar-refractivity contribution is -0.385. The topological polar surface area (TPSA) is 97.9 Å². The number of halogens is 2. The summed E-state index contributed by atoms with van der Waals surface area (Å²) in [5.41, 5.74) is 2.71. The molecule has 9 nitrogen and oxygen atoms in total. The summed E-state index contributed by atoms with van der Waals surface area (Å²) in [6.07, 6.45) is 0. The molecule has 0 aliphatic carbocycles. The highest BCUT2D eigenvalue weighted by atomic mass is 19.1. The van der Waals surface area contributed by atoms with Gasteiger partial charge in [0.25, 0.3) is 17.5 Å². The Hall–Kier alpha value is -5.06. The fraction of sp³-hybridized carbons (Fsp3) is 0.226. The van der Waals surface area contributed by atoms with E-state index in [-0.39, 0.29) is 54.9 Å². The Morgan fingerprint density at radius 2 is 1.50 bits per heavy atom. The van der Waals surface area contributed by atoms with Gasteiger partial charge in [0, 0.05) is 55.1 Å². The average Bonchev–Trinajstić information content (AvgIpc) is 3.33. The first-order chi connectivity index (χ1) is 20.1. The van der Waals surface area contributed by atoms with Crippen molar-refractivity contribution in [3.05, 3.63) is 111 Å². The molecule has 0 bridgehead atoms. The fourth-order valence-corrected chi connectivity index (χ4v) is 5.18. The van der Waals surface area contributed by atoms with E-state index in [0.717, 1.165) is 12.1 Å². The molecule has 0 atom stereocenters. The molecule has 0 N–H and O–H groups in total. The molecule has 0 spiro atoms. The van der Waals surface area contributed by atoms with Crippen LogP contribution < -0.4 is 4.74 Å². The number of methoxy groups -OCH3 is 1. The number of piperazine rings is 1. The van der Waals surface area contributed by atoms with Gasteiger partial charge in [0.1, 0.15) is 17.4 Å². The molecule has 1 aromatic heterocycles. The summed E-state index contributed by atoms with van der Waals surface area (Å²) in [6.45, 7) is 4.27. The average molecular weight is 575 g/mol. The Balaban J connectivity index is 1.42. The fourth-order valence-electron chi connectivity index (χ4n) is 5.18. The standard InChI is InChI=1S/C31H28F2N4O5/c1-19-4-5-22(16-28(19)37(40)41)30(38)34-12-14-35(15-13-34)31(39)25-18-29(21-6-9-24(42-3)10-7-21)36(20(25)2)27-11-8-23(32)17-26(27)33/h4-11,16-18H,12-15H2,1-3H3. The molecule has 42 heavy (non-hydrogen) atoms. The molecule has 2 heterocycles. The van der Waals surface area contributed by atoms with Crippen LogP contribution in [0.2, 0.25) is 0 Å². The monoisotopic (exact) mass is 574 g/mol. The predicted molar refractivity (Wildman–Crippen MR) is 152 cm³/mol. The van der Waals surface area contributed by atoms with Crippen LogP contribution in [0, 0.1) is 35.6 Å². The van der Waals surface area contributed by atoms with Crippen LogP contribution in [0.3, 0.4) is 0 Å². The Kier molecular flexibility index (Phi) is 7.75. The maximum Gasteiger partial charge on any atom is 0.273 e. The number of nitro groups is 1. The maximum atomic E-state index is 15.0. The Labute approximate surface area is 240 Å². The van der Waals surface area contributed by atoms with E-state index in [4.69, 9.17) is 4.74 Å². The van der Waals surface area contributed by atoms with Crippen molar-refractivity contribution in [3.8, 4) is 22.7 Å². The zero-order valence-electron chi connectivity index (χ0n) is 23.3. The number of benzene rings is 3. The van der Waals surface area contributed by atoms with E-state index < -0.39 is 16.6 Å². The number of hydrogen-bond acceptors (Lipinski definition) is 5. The van der Waals surface area contributed by atoms with Gasteiger partial charge >= 0.3 is 0 Å². The van der Waals surface area contributed by atoms with Gasteiger partial charge in [0.2, 0.25) is 0 Å². The third-order valence-corrected chi connectivity index (χ3v) is 7.52. The first kappa shape index (κ1) is 28.5. The van der Waals surface area contributed by atoms with Crippen LogP contribution in [0.25, 0.3) is 16.9 Å². The van der Waals surface area contributed by atoms with Gasteiger partial charge in [-0.3, -0.25) is 19.7 Å². The van der Waals surface area contributed by atoms with Crippen molar-refractivity contribution in [2.75, 3.05) is 33.3 Å². The molecule has 0 saturated carbocycles. The minimum atomic E-state index is -0.772. The third kappa shape index (κ3) is 5.32. The molecule has 5 rings (SSSR count). The van der Waals surface area contributed by atoms with Crippen LogP contribution in [0.15, 0.2) is 66.7 Å². The SMILES string of the molecule is COc1ccc(-c2cc(C(=O)N3CCN(C(=O)c4ccc(C)c([N+](=O)[O-])c4)CC3)c(C)n2-c2ccc(F)cc2F)cc1. The molecular formula is C31H28F2N4O5. The van der Waals surface area contributed by atoms with Crippen molar-refractivity contribution in [2.24, 2.45) is 0 Å². The van der Waals surface area contributed by atoms with Crippen LogP contribution in [-0.4, -0.2) is 64.4 Å². The van der Waals surface area contributed by atoms with Crippen molar-refractivity contribution >= 4 is 17.5 Å². The Bertz CT molecular complexity index is 1690. The number of hydrogen-bond donors (Lipinski definition) is 0. The Morgan fingerprint density at radius 3 is 2.10 bits per heavy atom. The van der Waals surface area contributed by atoms with Gasteiger partial charge in [-0.2, -0.15) is 0 Å². The van der Waals surface area contributed by atoms with Crippen molar-refractivity contribution < 1.29 is 28.0 Å². The minimum absolute atomic E-state index is 0.0985. The van der Waals surface area contributed by atoms with Crippen molar-refractivity contribution in [1.82, 2.24) is 14.4 Å². The molecule has 11 heteroatoms. The van der Waals surface area contributed by atoms with Crippen molar-refractivity contribution in [2.45, 2.75) is 13.8 Å². The number of aromatic nitrogens is 1.